The number of fused-ring (bicyclic) bond motifs is 1. The fourth-order valence-corrected chi connectivity index (χ4v) is 5.23. The van der Waals surface area contributed by atoms with Crippen LogP contribution < -0.4 is 31.2 Å². The fraction of sp³-hybridized carbons (Fsp3) is 0.387. The average molecular weight is 560 g/mol. The van der Waals surface area contributed by atoms with Crippen molar-refractivity contribution >= 4 is 28.9 Å². The van der Waals surface area contributed by atoms with Crippen LogP contribution in [0.4, 0.5) is 17.3 Å². The standard InChI is InChI=1S/C31H41N7O3/c1-7-8-24(11-19(2)35-30(39)21-9-10-28(33-4)27(12-21)20(3)32)38-17-22-16-34-31(37-29(22)18-38)36-23-13-25(40-5)15-26(14-23)41-6/h9-10,12-16,19,24,33H,3,7-8,11,17-18,32H2,1-2,4-6H3,(H,35,39)(H,34,36,37)/t19-,24-/m1/s1. The second-order valence-electron chi connectivity index (χ2n) is 10.4. The summed E-state index contributed by atoms with van der Waals surface area (Å²) in [7, 11) is 5.05. The van der Waals surface area contributed by atoms with Crippen LogP contribution in [0.1, 0.15) is 60.3 Å². The maximum atomic E-state index is 13.1. The number of carbonyl (C=O) groups excluding carboxylic acids is 1. The Labute approximate surface area is 242 Å². The summed E-state index contributed by atoms with van der Waals surface area (Å²) in [6.07, 6.45) is 4.78. The second-order valence-corrected chi connectivity index (χ2v) is 10.4. The number of benzene rings is 2. The molecule has 5 N–H and O–H groups in total. The molecule has 0 saturated heterocycles. The highest BCUT2D eigenvalue weighted by Crippen LogP contribution is 2.30. The molecule has 4 rings (SSSR count). The number of hydrogen-bond acceptors (Lipinski definition) is 9. The van der Waals surface area contributed by atoms with Crippen LogP contribution in [0.3, 0.4) is 0 Å². The van der Waals surface area contributed by atoms with Crippen molar-refractivity contribution in [2.75, 3.05) is 31.9 Å². The third-order valence-electron chi connectivity index (χ3n) is 7.33. The maximum absolute atomic E-state index is 13.1. The molecule has 0 spiro atoms. The normalized spacial score (nSPS) is 14.1. The van der Waals surface area contributed by atoms with Gasteiger partial charge in [0.05, 0.1) is 19.9 Å². The van der Waals surface area contributed by atoms with E-state index < -0.39 is 0 Å². The van der Waals surface area contributed by atoms with Crippen LogP contribution in [0.2, 0.25) is 0 Å². The molecule has 0 unspecified atom stereocenters. The van der Waals surface area contributed by atoms with Crippen molar-refractivity contribution in [3.8, 4) is 11.5 Å². The Kier molecular flexibility index (Phi) is 9.67. The van der Waals surface area contributed by atoms with E-state index in [1.807, 2.05) is 37.5 Å². The quantitative estimate of drug-likeness (QED) is 0.231. The summed E-state index contributed by atoms with van der Waals surface area (Å²) < 4.78 is 10.7. The third-order valence-corrected chi connectivity index (χ3v) is 7.33. The van der Waals surface area contributed by atoms with E-state index in [-0.39, 0.29) is 18.0 Å². The van der Waals surface area contributed by atoms with E-state index >= 15 is 0 Å². The van der Waals surface area contributed by atoms with Gasteiger partial charge in [0.2, 0.25) is 5.95 Å². The number of ether oxygens (including phenoxy) is 2. The number of methoxy groups -OCH3 is 2. The van der Waals surface area contributed by atoms with Crippen LogP contribution in [0.5, 0.6) is 11.5 Å². The van der Waals surface area contributed by atoms with Crippen LogP contribution in [-0.4, -0.2) is 54.1 Å². The lowest BCUT2D eigenvalue weighted by Crippen LogP contribution is -2.40. The first-order valence-electron chi connectivity index (χ1n) is 13.9. The number of nitrogens with two attached hydrogens (primary N) is 1. The van der Waals surface area contributed by atoms with Crippen LogP contribution in [0.15, 0.2) is 49.2 Å². The van der Waals surface area contributed by atoms with Gasteiger partial charge in [-0.2, -0.15) is 0 Å². The van der Waals surface area contributed by atoms with Gasteiger partial charge >= 0.3 is 0 Å². The molecule has 10 heteroatoms. The van der Waals surface area contributed by atoms with Crippen molar-refractivity contribution in [3.05, 3.63) is 71.6 Å². The Morgan fingerprint density at radius 2 is 1.88 bits per heavy atom. The van der Waals surface area contributed by atoms with Gasteiger partial charge in [0.15, 0.2) is 0 Å². The SMILES string of the molecule is C=C(N)c1cc(C(=O)N[C@H](C)C[C@@H](CCC)N2Cc3cnc(Nc4cc(OC)cc(OC)c4)nc3C2)ccc1NC. The molecule has 41 heavy (non-hydrogen) atoms. The number of amides is 1. The lowest BCUT2D eigenvalue weighted by molar-refractivity contribution is 0.0923. The molecular weight excluding hydrogens is 518 g/mol. The Hall–Kier alpha value is -4.31. The number of aromatic nitrogens is 2. The Morgan fingerprint density at radius 3 is 2.51 bits per heavy atom. The van der Waals surface area contributed by atoms with Gasteiger partial charge in [0, 0.05) is 90.4 Å². The van der Waals surface area contributed by atoms with E-state index in [2.05, 4.69) is 46.3 Å². The van der Waals surface area contributed by atoms with E-state index in [0.717, 1.165) is 60.5 Å². The summed E-state index contributed by atoms with van der Waals surface area (Å²) in [6.45, 7) is 9.58. The van der Waals surface area contributed by atoms with Crippen LogP contribution in [-0.2, 0) is 13.1 Å². The Balaban J connectivity index is 1.41. The molecule has 2 heterocycles. The van der Waals surface area contributed by atoms with Gasteiger partial charge in [0.25, 0.3) is 5.91 Å². The highest BCUT2D eigenvalue weighted by molar-refractivity contribution is 5.96. The zero-order valence-electron chi connectivity index (χ0n) is 24.6. The first-order valence-corrected chi connectivity index (χ1v) is 13.9. The summed E-state index contributed by atoms with van der Waals surface area (Å²) in [5.74, 6) is 1.77. The fourth-order valence-electron chi connectivity index (χ4n) is 5.23. The molecule has 0 radical (unpaired) electrons. The average Bonchev–Trinajstić information content (AvgIpc) is 3.39. The van der Waals surface area contributed by atoms with E-state index in [1.54, 1.807) is 26.4 Å². The number of hydrogen-bond donors (Lipinski definition) is 4. The van der Waals surface area contributed by atoms with Crippen molar-refractivity contribution in [2.24, 2.45) is 5.73 Å². The lowest BCUT2D eigenvalue weighted by Gasteiger charge is -2.30. The molecule has 1 aliphatic heterocycles. The van der Waals surface area contributed by atoms with E-state index in [0.29, 0.717) is 28.7 Å². The van der Waals surface area contributed by atoms with Crippen molar-refractivity contribution < 1.29 is 14.3 Å². The number of carbonyl (C=O) groups is 1. The van der Waals surface area contributed by atoms with Gasteiger partial charge in [-0.3, -0.25) is 9.69 Å². The molecule has 0 saturated carbocycles. The minimum absolute atomic E-state index is 0.0254. The molecule has 0 bridgehead atoms. The second kappa shape index (κ2) is 13.4. The first-order chi connectivity index (χ1) is 19.7. The van der Waals surface area contributed by atoms with Crippen LogP contribution in [0, 0.1) is 0 Å². The van der Waals surface area contributed by atoms with Gasteiger partial charge in [-0.25, -0.2) is 9.97 Å². The molecule has 2 atom stereocenters. The van der Waals surface area contributed by atoms with Crippen molar-refractivity contribution in [1.29, 1.82) is 0 Å². The summed E-state index contributed by atoms with van der Waals surface area (Å²) in [6, 6.07) is 11.3. The predicted octanol–water partition coefficient (Wildman–Crippen LogP) is 4.90. The number of nitrogens with one attached hydrogen (secondary N) is 3. The summed E-state index contributed by atoms with van der Waals surface area (Å²) in [5, 5.41) is 9.53. The minimum atomic E-state index is -0.127. The lowest BCUT2D eigenvalue weighted by atomic mass is 10.0. The molecule has 0 fully saturated rings. The summed E-state index contributed by atoms with van der Waals surface area (Å²) in [4.78, 5) is 24.9. The van der Waals surface area contributed by atoms with Crippen molar-refractivity contribution in [3.63, 3.8) is 0 Å². The van der Waals surface area contributed by atoms with Gasteiger partial charge < -0.3 is 31.2 Å². The largest absolute Gasteiger partial charge is 0.497 e. The van der Waals surface area contributed by atoms with Gasteiger partial charge in [-0.05, 0) is 38.0 Å². The topological polar surface area (TPSA) is 127 Å². The summed E-state index contributed by atoms with van der Waals surface area (Å²) >= 11 is 0. The van der Waals surface area contributed by atoms with Gasteiger partial charge in [-0.1, -0.05) is 19.9 Å². The molecular formula is C31H41N7O3. The maximum Gasteiger partial charge on any atom is 0.251 e. The molecule has 2 aromatic carbocycles. The number of rotatable bonds is 13. The minimum Gasteiger partial charge on any atom is -0.497 e. The molecule has 1 aliphatic rings. The van der Waals surface area contributed by atoms with Crippen LogP contribution >= 0.6 is 0 Å². The smallest absolute Gasteiger partial charge is 0.251 e. The molecule has 3 aromatic rings. The van der Waals surface area contributed by atoms with Crippen molar-refractivity contribution in [2.45, 2.75) is 58.3 Å². The van der Waals surface area contributed by atoms with E-state index in [4.69, 9.17) is 20.2 Å². The van der Waals surface area contributed by atoms with Gasteiger partial charge in [-0.15, -0.1) is 0 Å². The van der Waals surface area contributed by atoms with E-state index in [1.165, 1.54) is 0 Å². The summed E-state index contributed by atoms with van der Waals surface area (Å²) in [5.41, 5.74) is 11.4. The monoisotopic (exact) mass is 559 g/mol. The van der Waals surface area contributed by atoms with E-state index in [9.17, 15) is 4.79 Å². The molecule has 0 aliphatic carbocycles. The highest BCUT2D eigenvalue weighted by atomic mass is 16.5. The highest BCUT2D eigenvalue weighted by Gasteiger charge is 2.29. The predicted molar refractivity (Wildman–Crippen MR) is 164 cm³/mol. The van der Waals surface area contributed by atoms with Crippen molar-refractivity contribution in [1.82, 2.24) is 20.2 Å². The molecule has 1 aromatic heterocycles. The van der Waals surface area contributed by atoms with Gasteiger partial charge in [0.1, 0.15) is 11.5 Å². The zero-order chi connectivity index (χ0) is 29.5. The Morgan fingerprint density at radius 1 is 1.15 bits per heavy atom. The first kappa shape index (κ1) is 29.7. The molecule has 10 nitrogen and oxygen atoms in total. The third kappa shape index (κ3) is 7.26. The zero-order valence-corrected chi connectivity index (χ0v) is 24.6. The molecule has 218 valence electrons. The Bertz CT molecular complexity index is 1370. The van der Waals surface area contributed by atoms with Crippen LogP contribution in [0.25, 0.3) is 5.70 Å². The number of nitrogens with zero attached hydrogens (tertiary/aromatic N) is 3. The number of anilines is 3. The molecule has 1 amide bonds.